The Kier molecular flexibility index (Phi) is 2.32. The molecule has 1 amide bonds. The van der Waals surface area contributed by atoms with E-state index in [1.54, 1.807) is 0 Å². The van der Waals surface area contributed by atoms with Crippen molar-refractivity contribution in [3.8, 4) is 0 Å². The van der Waals surface area contributed by atoms with Crippen molar-refractivity contribution in [2.75, 3.05) is 0 Å². The zero-order valence-electron chi connectivity index (χ0n) is 11.5. The molecule has 4 atom stereocenters. The molecule has 18 heavy (non-hydrogen) atoms. The first-order chi connectivity index (χ1) is 8.20. The van der Waals surface area contributed by atoms with E-state index in [1.165, 1.54) is 0 Å². The molecule has 0 spiro atoms. The van der Waals surface area contributed by atoms with Crippen LogP contribution >= 0.6 is 0 Å². The lowest BCUT2D eigenvalue weighted by molar-refractivity contribution is -0.0168. The van der Waals surface area contributed by atoms with Crippen LogP contribution in [0, 0.1) is 11.8 Å². The summed E-state index contributed by atoms with van der Waals surface area (Å²) in [6.45, 7) is 5.61. The molecule has 102 valence electrons. The van der Waals surface area contributed by atoms with Gasteiger partial charge in [-0.25, -0.2) is 4.79 Å². The SMILES string of the molecule is CC(C)(C)OC(=O)NC12CC3CC1CC(O)(C3)C2. The van der Waals surface area contributed by atoms with Crippen LogP contribution in [0.5, 0.6) is 0 Å². The second-order valence-electron chi connectivity index (χ2n) is 7.60. The summed E-state index contributed by atoms with van der Waals surface area (Å²) in [7, 11) is 0. The Balaban J connectivity index is 1.72. The molecule has 0 aliphatic heterocycles. The van der Waals surface area contributed by atoms with Crippen molar-refractivity contribution in [1.82, 2.24) is 5.32 Å². The van der Waals surface area contributed by atoms with Gasteiger partial charge in [0, 0.05) is 5.54 Å². The average molecular weight is 253 g/mol. The lowest BCUT2D eigenvalue weighted by atomic mass is 9.77. The van der Waals surface area contributed by atoms with Gasteiger partial charge in [-0.1, -0.05) is 0 Å². The Labute approximate surface area is 108 Å². The van der Waals surface area contributed by atoms with Gasteiger partial charge in [-0.3, -0.25) is 0 Å². The summed E-state index contributed by atoms with van der Waals surface area (Å²) in [5, 5.41) is 13.5. The zero-order valence-corrected chi connectivity index (χ0v) is 11.5. The maximum Gasteiger partial charge on any atom is 0.408 e. The standard InChI is InChI=1S/C14H23NO3/c1-12(2,3)18-11(16)15-14-6-9-4-10(14)7-13(17,5-9)8-14/h9-10,17H,4-8H2,1-3H3,(H,15,16). The fourth-order valence-electron chi connectivity index (χ4n) is 4.56. The molecule has 0 aromatic carbocycles. The van der Waals surface area contributed by atoms with Gasteiger partial charge >= 0.3 is 6.09 Å². The van der Waals surface area contributed by atoms with Crippen molar-refractivity contribution in [3.05, 3.63) is 0 Å². The van der Waals surface area contributed by atoms with E-state index in [0.717, 1.165) is 25.7 Å². The van der Waals surface area contributed by atoms with Crippen LogP contribution in [0.4, 0.5) is 4.79 Å². The molecule has 4 aliphatic carbocycles. The Hall–Kier alpha value is -0.770. The quantitative estimate of drug-likeness (QED) is 0.753. The lowest BCUT2D eigenvalue weighted by Crippen LogP contribution is -2.52. The summed E-state index contributed by atoms with van der Waals surface area (Å²) < 4.78 is 5.35. The highest BCUT2D eigenvalue weighted by atomic mass is 16.6. The molecule has 4 heteroatoms. The molecule has 4 nitrogen and oxygen atoms in total. The van der Waals surface area contributed by atoms with E-state index in [4.69, 9.17) is 4.74 Å². The molecule has 4 bridgehead atoms. The van der Waals surface area contributed by atoms with Crippen LogP contribution in [-0.4, -0.2) is 27.9 Å². The predicted octanol–water partition coefficient (Wildman–Crippen LogP) is 2.20. The van der Waals surface area contributed by atoms with Crippen LogP contribution in [-0.2, 0) is 4.74 Å². The number of rotatable bonds is 1. The van der Waals surface area contributed by atoms with Crippen LogP contribution in [0.1, 0.15) is 52.9 Å². The van der Waals surface area contributed by atoms with E-state index in [9.17, 15) is 9.90 Å². The molecule has 0 aromatic heterocycles. The summed E-state index contributed by atoms with van der Waals surface area (Å²) in [5.74, 6) is 1.02. The highest BCUT2D eigenvalue weighted by molar-refractivity contribution is 5.69. The van der Waals surface area contributed by atoms with Gasteiger partial charge < -0.3 is 15.2 Å². The Morgan fingerprint density at radius 3 is 2.67 bits per heavy atom. The van der Waals surface area contributed by atoms with Crippen molar-refractivity contribution in [2.45, 2.75) is 69.6 Å². The van der Waals surface area contributed by atoms with E-state index in [2.05, 4.69) is 5.32 Å². The number of nitrogens with one attached hydrogen (secondary N) is 1. The second-order valence-corrected chi connectivity index (χ2v) is 7.60. The Morgan fingerprint density at radius 1 is 1.33 bits per heavy atom. The number of ether oxygens (including phenoxy) is 1. The summed E-state index contributed by atoms with van der Waals surface area (Å²) in [4.78, 5) is 12.0. The smallest absolute Gasteiger partial charge is 0.408 e. The average Bonchev–Trinajstić information content (AvgIpc) is 2.42. The topological polar surface area (TPSA) is 58.6 Å². The van der Waals surface area contributed by atoms with Crippen molar-refractivity contribution in [3.63, 3.8) is 0 Å². The molecular formula is C14H23NO3. The van der Waals surface area contributed by atoms with Crippen LogP contribution < -0.4 is 5.32 Å². The first-order valence-corrected chi connectivity index (χ1v) is 6.93. The predicted molar refractivity (Wildman–Crippen MR) is 67.1 cm³/mol. The number of hydrogen-bond donors (Lipinski definition) is 2. The molecule has 4 fully saturated rings. The third-order valence-electron chi connectivity index (χ3n) is 4.74. The van der Waals surface area contributed by atoms with Crippen LogP contribution in [0.2, 0.25) is 0 Å². The van der Waals surface area contributed by atoms with E-state index in [0.29, 0.717) is 18.3 Å². The molecule has 0 radical (unpaired) electrons. The first-order valence-electron chi connectivity index (χ1n) is 6.93. The van der Waals surface area contributed by atoms with Gasteiger partial charge in [0.25, 0.3) is 0 Å². The van der Waals surface area contributed by atoms with Gasteiger partial charge in [-0.15, -0.1) is 0 Å². The molecule has 4 unspecified atom stereocenters. The zero-order chi connectivity index (χ0) is 13.2. The molecule has 4 rings (SSSR count). The molecule has 0 saturated heterocycles. The lowest BCUT2D eigenvalue weighted by Gasteiger charge is -2.37. The van der Waals surface area contributed by atoms with Gasteiger partial charge in [-0.2, -0.15) is 0 Å². The number of amides is 1. The van der Waals surface area contributed by atoms with Gasteiger partial charge in [0.2, 0.25) is 0 Å². The number of hydrogen-bond acceptors (Lipinski definition) is 3. The van der Waals surface area contributed by atoms with E-state index in [1.807, 2.05) is 20.8 Å². The highest BCUT2D eigenvalue weighted by Crippen LogP contribution is 2.62. The van der Waals surface area contributed by atoms with Crippen molar-refractivity contribution < 1.29 is 14.6 Å². The monoisotopic (exact) mass is 253 g/mol. The van der Waals surface area contributed by atoms with E-state index < -0.39 is 11.2 Å². The van der Waals surface area contributed by atoms with Crippen LogP contribution in [0.3, 0.4) is 0 Å². The van der Waals surface area contributed by atoms with Crippen molar-refractivity contribution in [1.29, 1.82) is 0 Å². The Morgan fingerprint density at radius 2 is 2.06 bits per heavy atom. The Bertz CT molecular complexity index is 389. The van der Waals surface area contributed by atoms with Crippen LogP contribution in [0.15, 0.2) is 0 Å². The molecule has 4 aliphatic rings. The second kappa shape index (κ2) is 3.41. The molecule has 2 N–H and O–H groups in total. The summed E-state index contributed by atoms with van der Waals surface area (Å²) in [5.41, 5.74) is -1.19. The third kappa shape index (κ3) is 1.91. The molecular weight excluding hydrogens is 230 g/mol. The minimum Gasteiger partial charge on any atom is -0.444 e. The van der Waals surface area contributed by atoms with Gasteiger partial charge in [0.1, 0.15) is 5.60 Å². The highest BCUT2D eigenvalue weighted by Gasteiger charge is 2.64. The first kappa shape index (κ1) is 12.3. The van der Waals surface area contributed by atoms with Crippen LogP contribution in [0.25, 0.3) is 0 Å². The number of alkyl carbamates (subject to hydrolysis) is 1. The fourth-order valence-corrected chi connectivity index (χ4v) is 4.56. The van der Waals surface area contributed by atoms with E-state index >= 15 is 0 Å². The van der Waals surface area contributed by atoms with Gasteiger partial charge in [0.05, 0.1) is 5.60 Å². The molecule has 0 aromatic rings. The maximum absolute atomic E-state index is 12.0. The fraction of sp³-hybridized carbons (Fsp3) is 0.929. The van der Waals surface area contributed by atoms with Crippen molar-refractivity contribution in [2.24, 2.45) is 11.8 Å². The number of carbonyl (C=O) groups excluding carboxylic acids is 1. The summed E-state index contributed by atoms with van der Waals surface area (Å²) in [6.07, 6.45) is 4.30. The van der Waals surface area contributed by atoms with Crippen molar-refractivity contribution >= 4 is 6.09 Å². The molecule has 0 heterocycles. The van der Waals surface area contributed by atoms with Gasteiger partial charge in [-0.05, 0) is 64.7 Å². The largest absolute Gasteiger partial charge is 0.444 e. The number of aliphatic hydroxyl groups is 1. The van der Waals surface area contributed by atoms with E-state index in [-0.39, 0.29) is 11.6 Å². The maximum atomic E-state index is 12.0. The van der Waals surface area contributed by atoms with Gasteiger partial charge in [0.15, 0.2) is 0 Å². The minimum atomic E-state index is -0.527. The molecule has 4 saturated carbocycles. The number of carbonyl (C=O) groups is 1. The summed E-state index contributed by atoms with van der Waals surface area (Å²) >= 11 is 0. The minimum absolute atomic E-state index is 0.194. The summed E-state index contributed by atoms with van der Waals surface area (Å²) in [6, 6.07) is 0. The third-order valence-corrected chi connectivity index (χ3v) is 4.74. The normalized spacial score (nSPS) is 45.3.